The molecule has 1 rings (SSSR count). The fraction of sp³-hybridized carbons (Fsp3) is 0.875. The number of likely N-dealkylation sites (tertiary alicyclic amines) is 1. The molecule has 0 unspecified atom stereocenters. The van der Waals surface area contributed by atoms with Gasteiger partial charge in [-0.1, -0.05) is 0 Å². The van der Waals surface area contributed by atoms with E-state index in [4.69, 9.17) is 4.84 Å². The SMILES string of the molecule is CCONC(=O)N1CCCCC1. The predicted molar refractivity (Wildman–Crippen MR) is 45.6 cm³/mol. The van der Waals surface area contributed by atoms with E-state index in [1.54, 1.807) is 4.90 Å². The molecule has 0 aromatic heterocycles. The molecule has 0 bridgehead atoms. The van der Waals surface area contributed by atoms with Crippen LogP contribution in [0.3, 0.4) is 0 Å². The van der Waals surface area contributed by atoms with Crippen LogP contribution in [-0.2, 0) is 4.84 Å². The smallest absolute Gasteiger partial charge is 0.323 e. The summed E-state index contributed by atoms with van der Waals surface area (Å²) in [6.07, 6.45) is 3.46. The number of amides is 2. The summed E-state index contributed by atoms with van der Waals surface area (Å²) in [5, 5.41) is 0. The zero-order valence-electron chi connectivity index (χ0n) is 7.51. The lowest BCUT2D eigenvalue weighted by atomic mass is 10.1. The summed E-state index contributed by atoms with van der Waals surface area (Å²) in [7, 11) is 0. The van der Waals surface area contributed by atoms with Crippen LogP contribution in [0.4, 0.5) is 4.79 Å². The average molecular weight is 172 g/mol. The summed E-state index contributed by atoms with van der Waals surface area (Å²) in [6, 6.07) is -0.100. The molecule has 1 aliphatic heterocycles. The van der Waals surface area contributed by atoms with E-state index in [1.165, 1.54) is 6.42 Å². The molecule has 4 nitrogen and oxygen atoms in total. The Balaban J connectivity index is 2.20. The Morgan fingerprint density at radius 1 is 1.42 bits per heavy atom. The highest BCUT2D eigenvalue weighted by atomic mass is 16.7. The average Bonchev–Trinajstić information content (AvgIpc) is 2.15. The topological polar surface area (TPSA) is 41.6 Å². The molecule has 1 fully saturated rings. The van der Waals surface area contributed by atoms with Crippen molar-refractivity contribution in [3.05, 3.63) is 0 Å². The first-order valence-corrected chi connectivity index (χ1v) is 4.51. The summed E-state index contributed by atoms with van der Waals surface area (Å²) in [5.74, 6) is 0. The number of nitrogens with one attached hydrogen (secondary N) is 1. The quantitative estimate of drug-likeness (QED) is 0.634. The Hall–Kier alpha value is -0.770. The maximum Gasteiger partial charge on any atom is 0.341 e. The van der Waals surface area contributed by atoms with Crippen LogP contribution in [0.25, 0.3) is 0 Å². The molecule has 1 heterocycles. The molecule has 1 saturated heterocycles. The van der Waals surface area contributed by atoms with Crippen LogP contribution >= 0.6 is 0 Å². The van der Waals surface area contributed by atoms with Crippen molar-refractivity contribution in [2.75, 3.05) is 19.7 Å². The number of urea groups is 1. The van der Waals surface area contributed by atoms with Gasteiger partial charge in [-0.05, 0) is 26.2 Å². The molecule has 4 heteroatoms. The maximum atomic E-state index is 11.2. The number of nitrogens with zero attached hydrogens (tertiary/aromatic N) is 1. The van der Waals surface area contributed by atoms with E-state index < -0.39 is 0 Å². The molecule has 0 spiro atoms. The Labute approximate surface area is 72.8 Å². The fourth-order valence-electron chi connectivity index (χ4n) is 1.30. The molecular formula is C8H16N2O2. The van der Waals surface area contributed by atoms with Crippen molar-refractivity contribution in [1.29, 1.82) is 0 Å². The predicted octanol–water partition coefficient (Wildman–Crippen LogP) is 1.13. The zero-order valence-corrected chi connectivity index (χ0v) is 7.51. The minimum Gasteiger partial charge on any atom is -0.323 e. The fourth-order valence-corrected chi connectivity index (χ4v) is 1.30. The lowest BCUT2D eigenvalue weighted by molar-refractivity contribution is 0.0533. The van der Waals surface area contributed by atoms with Gasteiger partial charge in [0.05, 0.1) is 6.61 Å². The van der Waals surface area contributed by atoms with Gasteiger partial charge in [0.15, 0.2) is 0 Å². The molecule has 0 atom stereocenters. The highest BCUT2D eigenvalue weighted by molar-refractivity contribution is 5.73. The number of hydrogen-bond donors (Lipinski definition) is 1. The van der Waals surface area contributed by atoms with Gasteiger partial charge >= 0.3 is 6.03 Å². The summed E-state index contributed by atoms with van der Waals surface area (Å²) < 4.78 is 0. The highest BCUT2D eigenvalue weighted by Crippen LogP contribution is 2.07. The largest absolute Gasteiger partial charge is 0.341 e. The van der Waals surface area contributed by atoms with Gasteiger partial charge < -0.3 is 4.90 Å². The standard InChI is InChI=1S/C8H16N2O2/c1-2-12-9-8(11)10-6-4-3-5-7-10/h2-7H2,1H3,(H,9,11). The molecule has 12 heavy (non-hydrogen) atoms. The summed E-state index contributed by atoms with van der Waals surface area (Å²) in [6.45, 7) is 4.08. The molecule has 0 saturated carbocycles. The Kier molecular flexibility index (Phi) is 3.87. The third kappa shape index (κ3) is 2.70. The van der Waals surface area contributed by atoms with Gasteiger partial charge in [0, 0.05) is 13.1 Å². The summed E-state index contributed by atoms with van der Waals surface area (Å²) in [4.78, 5) is 17.8. The van der Waals surface area contributed by atoms with E-state index in [2.05, 4.69) is 5.48 Å². The van der Waals surface area contributed by atoms with Gasteiger partial charge in [-0.3, -0.25) is 4.84 Å². The van der Waals surface area contributed by atoms with E-state index in [0.717, 1.165) is 25.9 Å². The van der Waals surface area contributed by atoms with Crippen LogP contribution in [0.5, 0.6) is 0 Å². The number of hydrogen-bond acceptors (Lipinski definition) is 2. The number of piperidine rings is 1. The molecule has 1 aliphatic rings. The molecule has 0 radical (unpaired) electrons. The van der Waals surface area contributed by atoms with E-state index in [-0.39, 0.29) is 6.03 Å². The second-order valence-corrected chi connectivity index (χ2v) is 2.89. The van der Waals surface area contributed by atoms with Crippen molar-refractivity contribution < 1.29 is 9.63 Å². The van der Waals surface area contributed by atoms with E-state index >= 15 is 0 Å². The Morgan fingerprint density at radius 2 is 2.08 bits per heavy atom. The van der Waals surface area contributed by atoms with Gasteiger partial charge in [-0.15, -0.1) is 0 Å². The van der Waals surface area contributed by atoms with Gasteiger partial charge in [0.25, 0.3) is 0 Å². The van der Waals surface area contributed by atoms with Crippen molar-refractivity contribution in [1.82, 2.24) is 10.4 Å². The molecule has 0 aromatic rings. The molecule has 70 valence electrons. The second-order valence-electron chi connectivity index (χ2n) is 2.89. The lowest BCUT2D eigenvalue weighted by Gasteiger charge is -2.26. The van der Waals surface area contributed by atoms with Crippen LogP contribution in [0.15, 0.2) is 0 Å². The first-order valence-electron chi connectivity index (χ1n) is 4.51. The van der Waals surface area contributed by atoms with Crippen LogP contribution in [0.1, 0.15) is 26.2 Å². The third-order valence-electron chi connectivity index (χ3n) is 1.95. The van der Waals surface area contributed by atoms with E-state index in [1.807, 2.05) is 6.92 Å². The normalized spacial score (nSPS) is 17.6. The number of hydroxylamine groups is 1. The maximum absolute atomic E-state index is 11.2. The van der Waals surface area contributed by atoms with Crippen molar-refractivity contribution in [3.8, 4) is 0 Å². The zero-order chi connectivity index (χ0) is 8.81. The number of rotatable bonds is 2. The van der Waals surface area contributed by atoms with Crippen LogP contribution in [0.2, 0.25) is 0 Å². The third-order valence-corrected chi connectivity index (χ3v) is 1.95. The monoisotopic (exact) mass is 172 g/mol. The molecule has 2 amide bonds. The van der Waals surface area contributed by atoms with Crippen LogP contribution < -0.4 is 5.48 Å². The Bertz CT molecular complexity index is 144. The molecular weight excluding hydrogens is 156 g/mol. The lowest BCUT2D eigenvalue weighted by Crippen LogP contribution is -2.42. The van der Waals surface area contributed by atoms with Crippen LogP contribution in [0, 0.1) is 0 Å². The van der Waals surface area contributed by atoms with Gasteiger partial charge in [-0.25, -0.2) is 10.3 Å². The van der Waals surface area contributed by atoms with Gasteiger partial charge in [-0.2, -0.15) is 0 Å². The van der Waals surface area contributed by atoms with Gasteiger partial charge in [0.2, 0.25) is 0 Å². The van der Waals surface area contributed by atoms with Crippen molar-refractivity contribution in [2.24, 2.45) is 0 Å². The summed E-state index contributed by atoms with van der Waals surface area (Å²) in [5.41, 5.74) is 2.39. The van der Waals surface area contributed by atoms with Crippen molar-refractivity contribution >= 4 is 6.03 Å². The van der Waals surface area contributed by atoms with Crippen molar-refractivity contribution in [3.63, 3.8) is 0 Å². The van der Waals surface area contributed by atoms with Crippen LogP contribution in [-0.4, -0.2) is 30.6 Å². The van der Waals surface area contributed by atoms with E-state index in [9.17, 15) is 4.79 Å². The number of carbonyl (C=O) groups excluding carboxylic acids is 1. The summed E-state index contributed by atoms with van der Waals surface area (Å²) >= 11 is 0. The minimum absolute atomic E-state index is 0.100. The molecule has 0 aliphatic carbocycles. The Morgan fingerprint density at radius 3 is 2.67 bits per heavy atom. The highest BCUT2D eigenvalue weighted by Gasteiger charge is 2.15. The van der Waals surface area contributed by atoms with E-state index in [0.29, 0.717) is 6.61 Å². The van der Waals surface area contributed by atoms with Gasteiger partial charge in [0.1, 0.15) is 0 Å². The molecule has 1 N–H and O–H groups in total. The number of carbonyl (C=O) groups is 1. The second kappa shape index (κ2) is 4.98. The molecule has 0 aromatic carbocycles. The first-order chi connectivity index (χ1) is 5.84. The minimum atomic E-state index is -0.100. The van der Waals surface area contributed by atoms with Crippen molar-refractivity contribution in [2.45, 2.75) is 26.2 Å². The first kappa shape index (κ1) is 9.32.